The fourth-order valence-electron chi connectivity index (χ4n) is 2.90. The maximum atomic E-state index is 11.9. The molecular weight excluding hydrogens is 250 g/mol. The van der Waals surface area contributed by atoms with Gasteiger partial charge in [-0.3, -0.25) is 4.79 Å². The number of nitrogens with zero attached hydrogens (tertiary/aromatic N) is 1. The SMILES string of the molecule is COC(=O)[C@H](C)c1cccc2c1c1ccccc1n2C. The Morgan fingerprint density at radius 3 is 2.55 bits per heavy atom. The van der Waals surface area contributed by atoms with Crippen molar-refractivity contribution < 1.29 is 9.53 Å². The summed E-state index contributed by atoms with van der Waals surface area (Å²) < 4.78 is 7.05. The van der Waals surface area contributed by atoms with Crippen LogP contribution in [0.4, 0.5) is 0 Å². The molecule has 3 heteroatoms. The van der Waals surface area contributed by atoms with Gasteiger partial charge in [0.2, 0.25) is 0 Å². The summed E-state index contributed by atoms with van der Waals surface area (Å²) in [6.45, 7) is 1.89. The van der Waals surface area contributed by atoms with Crippen molar-refractivity contribution in [3.05, 3.63) is 48.0 Å². The van der Waals surface area contributed by atoms with Gasteiger partial charge >= 0.3 is 5.97 Å². The summed E-state index contributed by atoms with van der Waals surface area (Å²) >= 11 is 0. The van der Waals surface area contributed by atoms with Crippen LogP contribution in [0.5, 0.6) is 0 Å². The number of fused-ring (bicyclic) bond motifs is 3. The van der Waals surface area contributed by atoms with Gasteiger partial charge in [-0.15, -0.1) is 0 Å². The lowest BCUT2D eigenvalue weighted by Gasteiger charge is -2.11. The van der Waals surface area contributed by atoms with Gasteiger partial charge in [-0.2, -0.15) is 0 Å². The van der Waals surface area contributed by atoms with Crippen LogP contribution in [0.3, 0.4) is 0 Å². The monoisotopic (exact) mass is 267 g/mol. The van der Waals surface area contributed by atoms with Crippen molar-refractivity contribution in [3.8, 4) is 0 Å². The highest BCUT2D eigenvalue weighted by atomic mass is 16.5. The van der Waals surface area contributed by atoms with E-state index in [4.69, 9.17) is 4.74 Å². The van der Waals surface area contributed by atoms with Gasteiger partial charge in [0.1, 0.15) is 0 Å². The smallest absolute Gasteiger partial charge is 0.312 e. The summed E-state index contributed by atoms with van der Waals surface area (Å²) in [6.07, 6.45) is 0. The summed E-state index contributed by atoms with van der Waals surface area (Å²) in [5, 5.41) is 2.32. The number of carbonyl (C=O) groups excluding carboxylic acids is 1. The van der Waals surface area contributed by atoms with Crippen molar-refractivity contribution in [1.82, 2.24) is 4.57 Å². The van der Waals surface area contributed by atoms with Gasteiger partial charge in [-0.05, 0) is 24.6 Å². The fraction of sp³-hybridized carbons (Fsp3) is 0.235. The van der Waals surface area contributed by atoms with Gasteiger partial charge in [0.25, 0.3) is 0 Å². The number of aryl methyl sites for hydroxylation is 1. The molecule has 1 atom stereocenters. The maximum Gasteiger partial charge on any atom is 0.312 e. The number of ether oxygens (including phenoxy) is 1. The molecule has 0 saturated carbocycles. The lowest BCUT2D eigenvalue weighted by atomic mass is 9.96. The predicted molar refractivity (Wildman–Crippen MR) is 80.9 cm³/mol. The molecule has 0 aliphatic rings. The van der Waals surface area contributed by atoms with E-state index < -0.39 is 0 Å². The fourth-order valence-corrected chi connectivity index (χ4v) is 2.90. The Hall–Kier alpha value is -2.29. The van der Waals surface area contributed by atoms with E-state index in [1.807, 2.05) is 31.2 Å². The first-order valence-corrected chi connectivity index (χ1v) is 6.69. The topological polar surface area (TPSA) is 31.2 Å². The lowest BCUT2D eigenvalue weighted by Crippen LogP contribution is -2.11. The number of esters is 1. The van der Waals surface area contributed by atoms with E-state index in [0.29, 0.717) is 0 Å². The predicted octanol–water partition coefficient (Wildman–Crippen LogP) is 3.61. The number of carbonyl (C=O) groups is 1. The number of benzene rings is 2. The van der Waals surface area contributed by atoms with Crippen LogP contribution in [-0.2, 0) is 16.6 Å². The maximum absolute atomic E-state index is 11.9. The average Bonchev–Trinajstić information content (AvgIpc) is 2.80. The third-order valence-corrected chi connectivity index (χ3v) is 3.99. The van der Waals surface area contributed by atoms with Crippen molar-refractivity contribution in [2.24, 2.45) is 7.05 Å². The Bertz CT molecular complexity index is 801. The van der Waals surface area contributed by atoms with Crippen molar-refractivity contribution >= 4 is 27.8 Å². The number of aromatic nitrogens is 1. The first-order valence-electron chi connectivity index (χ1n) is 6.69. The van der Waals surface area contributed by atoms with E-state index in [1.165, 1.54) is 18.0 Å². The third kappa shape index (κ3) is 1.70. The average molecular weight is 267 g/mol. The zero-order valence-electron chi connectivity index (χ0n) is 11.9. The number of methoxy groups -OCH3 is 1. The van der Waals surface area contributed by atoms with Gasteiger partial charge in [0, 0.05) is 28.9 Å². The zero-order chi connectivity index (χ0) is 14.3. The van der Waals surface area contributed by atoms with Crippen molar-refractivity contribution in [1.29, 1.82) is 0 Å². The minimum atomic E-state index is -0.269. The normalized spacial score (nSPS) is 12.8. The number of hydrogen-bond acceptors (Lipinski definition) is 2. The molecule has 0 aliphatic carbocycles. The van der Waals surface area contributed by atoms with Crippen molar-refractivity contribution in [2.75, 3.05) is 7.11 Å². The molecule has 0 N–H and O–H groups in total. The standard InChI is InChI=1S/C17H17NO2/c1-11(17(19)20-3)12-8-6-10-15-16(12)13-7-4-5-9-14(13)18(15)2/h4-11H,1-3H3/t11-/m1/s1. The number of hydrogen-bond donors (Lipinski definition) is 0. The van der Waals surface area contributed by atoms with Crippen LogP contribution < -0.4 is 0 Å². The van der Waals surface area contributed by atoms with E-state index in [2.05, 4.69) is 29.8 Å². The van der Waals surface area contributed by atoms with Crippen LogP contribution in [0.15, 0.2) is 42.5 Å². The highest BCUT2D eigenvalue weighted by Gasteiger charge is 2.20. The van der Waals surface area contributed by atoms with Crippen LogP contribution in [0.1, 0.15) is 18.4 Å². The Kier molecular flexibility index (Phi) is 2.97. The Balaban J connectivity index is 2.39. The van der Waals surface area contributed by atoms with Crippen molar-refractivity contribution in [2.45, 2.75) is 12.8 Å². The second-order valence-corrected chi connectivity index (χ2v) is 5.06. The lowest BCUT2D eigenvalue weighted by molar-refractivity contribution is -0.141. The summed E-state index contributed by atoms with van der Waals surface area (Å²) in [5.74, 6) is -0.472. The first-order chi connectivity index (χ1) is 9.65. The van der Waals surface area contributed by atoms with E-state index >= 15 is 0 Å². The molecule has 0 amide bonds. The number of para-hydroxylation sites is 1. The molecule has 0 unspecified atom stereocenters. The highest BCUT2D eigenvalue weighted by Crippen LogP contribution is 2.34. The van der Waals surface area contributed by atoms with Crippen LogP contribution in [0.25, 0.3) is 21.8 Å². The minimum absolute atomic E-state index is 0.203. The van der Waals surface area contributed by atoms with Crippen LogP contribution >= 0.6 is 0 Å². The summed E-state index contributed by atoms with van der Waals surface area (Å²) in [4.78, 5) is 11.9. The molecule has 1 heterocycles. The van der Waals surface area contributed by atoms with Crippen LogP contribution in [0, 0.1) is 0 Å². The molecule has 1 aromatic heterocycles. The van der Waals surface area contributed by atoms with Gasteiger partial charge in [0.15, 0.2) is 0 Å². The zero-order valence-corrected chi connectivity index (χ0v) is 11.9. The van der Waals surface area contributed by atoms with E-state index in [0.717, 1.165) is 16.5 Å². The molecule has 0 bridgehead atoms. The molecular formula is C17H17NO2. The second-order valence-electron chi connectivity index (χ2n) is 5.06. The van der Waals surface area contributed by atoms with Crippen LogP contribution in [0.2, 0.25) is 0 Å². The summed E-state index contributed by atoms with van der Waals surface area (Å²) in [6, 6.07) is 14.4. The summed E-state index contributed by atoms with van der Waals surface area (Å²) in [5.41, 5.74) is 3.33. The highest BCUT2D eigenvalue weighted by molar-refractivity contribution is 6.10. The Labute approximate surface area is 117 Å². The molecule has 0 fully saturated rings. The van der Waals surface area contributed by atoms with E-state index in [9.17, 15) is 4.79 Å². The third-order valence-electron chi connectivity index (χ3n) is 3.99. The molecule has 0 aliphatic heterocycles. The van der Waals surface area contributed by atoms with Gasteiger partial charge < -0.3 is 9.30 Å². The summed E-state index contributed by atoms with van der Waals surface area (Å²) in [7, 11) is 3.49. The number of rotatable bonds is 2. The minimum Gasteiger partial charge on any atom is -0.469 e. The molecule has 2 aromatic carbocycles. The Morgan fingerprint density at radius 1 is 1.10 bits per heavy atom. The van der Waals surface area contributed by atoms with Gasteiger partial charge in [-0.25, -0.2) is 0 Å². The molecule has 3 nitrogen and oxygen atoms in total. The quantitative estimate of drug-likeness (QED) is 0.664. The van der Waals surface area contributed by atoms with E-state index in [-0.39, 0.29) is 11.9 Å². The van der Waals surface area contributed by atoms with Crippen molar-refractivity contribution in [3.63, 3.8) is 0 Å². The van der Waals surface area contributed by atoms with Gasteiger partial charge in [-0.1, -0.05) is 30.3 Å². The first kappa shape index (κ1) is 12.7. The molecule has 0 radical (unpaired) electrons. The molecule has 20 heavy (non-hydrogen) atoms. The molecule has 0 saturated heterocycles. The molecule has 3 aromatic rings. The van der Waals surface area contributed by atoms with Crippen LogP contribution in [-0.4, -0.2) is 17.6 Å². The molecule has 0 spiro atoms. The second kappa shape index (κ2) is 4.67. The van der Waals surface area contributed by atoms with Gasteiger partial charge in [0.05, 0.1) is 13.0 Å². The molecule has 102 valence electrons. The Morgan fingerprint density at radius 2 is 1.80 bits per heavy atom. The van der Waals surface area contributed by atoms with E-state index in [1.54, 1.807) is 0 Å². The largest absolute Gasteiger partial charge is 0.469 e. The molecule has 3 rings (SSSR count).